The molecule has 0 radical (unpaired) electrons. The van der Waals surface area contributed by atoms with E-state index in [4.69, 9.17) is 5.73 Å². The van der Waals surface area contributed by atoms with Crippen LogP contribution in [0.1, 0.15) is 49.7 Å². The molecule has 2 aliphatic rings. The maximum atomic E-state index is 11.8. The number of hydrogen-bond acceptors (Lipinski definition) is 3. The van der Waals surface area contributed by atoms with Crippen LogP contribution in [0.15, 0.2) is 24.3 Å². The lowest BCUT2D eigenvalue weighted by Crippen LogP contribution is -2.41. The Balaban J connectivity index is 1.57. The first-order valence-corrected chi connectivity index (χ1v) is 9.56. The normalized spacial score (nSPS) is 22.3. The quantitative estimate of drug-likeness (QED) is 0.836. The van der Waals surface area contributed by atoms with Gasteiger partial charge in [-0.2, -0.15) is 0 Å². The molecule has 1 atom stereocenters. The Labute approximate surface area is 146 Å². The summed E-state index contributed by atoms with van der Waals surface area (Å²) in [5.41, 5.74) is 8.42. The average Bonchev–Trinajstić information content (AvgIpc) is 3.00. The number of nitrogens with two attached hydrogens (primary N) is 1. The van der Waals surface area contributed by atoms with Gasteiger partial charge in [-0.1, -0.05) is 30.7 Å². The Morgan fingerprint density at radius 2 is 2.00 bits per heavy atom. The van der Waals surface area contributed by atoms with E-state index in [1.54, 1.807) is 0 Å². The monoisotopic (exact) mass is 329 g/mol. The molecule has 2 aliphatic heterocycles. The molecule has 2 fully saturated rings. The molecular formula is C20H31N3O. The summed E-state index contributed by atoms with van der Waals surface area (Å²) in [6.07, 6.45) is 7.75. The maximum absolute atomic E-state index is 11.8. The van der Waals surface area contributed by atoms with Gasteiger partial charge in [-0.15, -0.1) is 0 Å². The number of piperidine rings is 1. The molecule has 0 saturated carbocycles. The van der Waals surface area contributed by atoms with Crippen LogP contribution < -0.4 is 5.73 Å². The zero-order chi connectivity index (χ0) is 16.8. The lowest BCUT2D eigenvalue weighted by molar-refractivity contribution is -0.127. The molecule has 3 rings (SSSR count). The van der Waals surface area contributed by atoms with Crippen LogP contribution in [0.2, 0.25) is 0 Å². The second-order valence-corrected chi connectivity index (χ2v) is 7.25. The van der Waals surface area contributed by atoms with E-state index in [-0.39, 0.29) is 0 Å². The molecule has 0 bridgehead atoms. The molecule has 1 aromatic carbocycles. The number of rotatable bonds is 7. The van der Waals surface area contributed by atoms with Gasteiger partial charge in [0.1, 0.15) is 0 Å². The average molecular weight is 329 g/mol. The van der Waals surface area contributed by atoms with Crippen LogP contribution in [0.4, 0.5) is 0 Å². The third-order valence-electron chi connectivity index (χ3n) is 5.46. The Morgan fingerprint density at radius 3 is 2.79 bits per heavy atom. The highest BCUT2D eigenvalue weighted by molar-refractivity contribution is 5.77. The number of carbonyl (C=O) groups is 1. The van der Waals surface area contributed by atoms with E-state index < -0.39 is 0 Å². The van der Waals surface area contributed by atoms with Crippen molar-refractivity contribution in [2.45, 2.75) is 57.5 Å². The van der Waals surface area contributed by atoms with E-state index in [1.807, 2.05) is 0 Å². The van der Waals surface area contributed by atoms with Crippen molar-refractivity contribution in [3.05, 3.63) is 35.4 Å². The first kappa shape index (κ1) is 17.4. The molecule has 2 saturated heterocycles. The van der Waals surface area contributed by atoms with Gasteiger partial charge < -0.3 is 10.6 Å². The van der Waals surface area contributed by atoms with Gasteiger partial charge in [0.2, 0.25) is 5.91 Å². The van der Waals surface area contributed by atoms with Crippen molar-refractivity contribution in [2.24, 2.45) is 5.73 Å². The van der Waals surface area contributed by atoms with E-state index in [1.165, 1.54) is 36.9 Å². The molecule has 0 aliphatic carbocycles. The highest BCUT2D eigenvalue weighted by atomic mass is 16.2. The van der Waals surface area contributed by atoms with Crippen molar-refractivity contribution in [3.63, 3.8) is 0 Å². The minimum atomic E-state index is 0.354. The number of amides is 1. The van der Waals surface area contributed by atoms with E-state index in [9.17, 15) is 4.79 Å². The summed E-state index contributed by atoms with van der Waals surface area (Å²) in [4.78, 5) is 16.5. The summed E-state index contributed by atoms with van der Waals surface area (Å²) in [6, 6.07) is 9.48. The second-order valence-electron chi connectivity index (χ2n) is 7.25. The first-order valence-electron chi connectivity index (χ1n) is 9.56. The predicted molar refractivity (Wildman–Crippen MR) is 97.7 cm³/mol. The third kappa shape index (κ3) is 4.58. The Bertz CT molecular complexity index is 545. The Morgan fingerprint density at radius 1 is 1.12 bits per heavy atom. The third-order valence-corrected chi connectivity index (χ3v) is 5.46. The van der Waals surface area contributed by atoms with Gasteiger partial charge >= 0.3 is 0 Å². The Hall–Kier alpha value is -1.39. The smallest absolute Gasteiger partial charge is 0.222 e. The lowest BCUT2D eigenvalue weighted by Gasteiger charge is -2.36. The molecule has 132 valence electrons. The molecule has 4 heteroatoms. The van der Waals surface area contributed by atoms with Crippen molar-refractivity contribution >= 4 is 5.91 Å². The van der Waals surface area contributed by atoms with E-state index in [0.717, 1.165) is 45.3 Å². The van der Waals surface area contributed by atoms with E-state index in [0.29, 0.717) is 18.5 Å². The topological polar surface area (TPSA) is 49.6 Å². The molecule has 2 heterocycles. The first-order chi connectivity index (χ1) is 11.8. The van der Waals surface area contributed by atoms with Gasteiger partial charge in [-0.05, 0) is 56.3 Å². The van der Waals surface area contributed by atoms with Crippen LogP contribution in [0.25, 0.3) is 0 Å². The minimum Gasteiger partial charge on any atom is -0.343 e. The summed E-state index contributed by atoms with van der Waals surface area (Å²) in [7, 11) is 0. The fraction of sp³-hybridized carbons (Fsp3) is 0.650. The molecule has 4 nitrogen and oxygen atoms in total. The van der Waals surface area contributed by atoms with Crippen molar-refractivity contribution in [1.29, 1.82) is 0 Å². The fourth-order valence-electron chi connectivity index (χ4n) is 4.13. The highest BCUT2D eigenvalue weighted by Crippen LogP contribution is 2.23. The van der Waals surface area contributed by atoms with Gasteiger partial charge in [-0.3, -0.25) is 9.69 Å². The minimum absolute atomic E-state index is 0.354. The number of nitrogens with zero attached hydrogens (tertiary/aromatic N) is 2. The van der Waals surface area contributed by atoms with Crippen molar-refractivity contribution in [2.75, 3.05) is 26.2 Å². The van der Waals surface area contributed by atoms with Gasteiger partial charge in [0.15, 0.2) is 0 Å². The van der Waals surface area contributed by atoms with Crippen LogP contribution in [0, 0.1) is 0 Å². The number of hydrogen-bond donors (Lipinski definition) is 1. The van der Waals surface area contributed by atoms with Gasteiger partial charge in [0, 0.05) is 32.1 Å². The fourth-order valence-corrected chi connectivity index (χ4v) is 4.13. The number of carbonyl (C=O) groups excluding carboxylic acids is 1. The van der Waals surface area contributed by atoms with Crippen LogP contribution >= 0.6 is 0 Å². The lowest BCUT2D eigenvalue weighted by atomic mass is 9.97. The molecule has 0 spiro atoms. The van der Waals surface area contributed by atoms with Crippen LogP contribution in [-0.4, -0.2) is 47.9 Å². The number of likely N-dealkylation sites (tertiary alicyclic amines) is 2. The summed E-state index contributed by atoms with van der Waals surface area (Å²) in [5.74, 6) is 0.354. The van der Waals surface area contributed by atoms with Crippen LogP contribution in [-0.2, 0) is 17.8 Å². The van der Waals surface area contributed by atoms with Gasteiger partial charge in [0.25, 0.3) is 0 Å². The molecule has 2 N–H and O–H groups in total. The van der Waals surface area contributed by atoms with E-state index >= 15 is 0 Å². The molecule has 0 unspecified atom stereocenters. The van der Waals surface area contributed by atoms with Crippen molar-refractivity contribution in [1.82, 2.24) is 9.80 Å². The highest BCUT2D eigenvalue weighted by Gasteiger charge is 2.25. The standard InChI is InChI=1S/C20H31N3O/c21-11-9-17-5-3-6-18(15-17)16-23-12-2-1-7-19(23)10-14-22-13-4-8-20(22)24/h3,5-6,15,19H,1-2,4,7-14,16,21H2/t19-/m1/s1. The Kier molecular flexibility index (Phi) is 6.27. The predicted octanol–water partition coefficient (Wildman–Crippen LogP) is 2.55. The molecule has 1 amide bonds. The van der Waals surface area contributed by atoms with Crippen molar-refractivity contribution in [3.8, 4) is 0 Å². The molecular weight excluding hydrogens is 298 g/mol. The van der Waals surface area contributed by atoms with Crippen molar-refractivity contribution < 1.29 is 4.79 Å². The molecule has 0 aromatic heterocycles. The van der Waals surface area contributed by atoms with Crippen LogP contribution in [0.3, 0.4) is 0 Å². The molecule has 24 heavy (non-hydrogen) atoms. The zero-order valence-electron chi connectivity index (χ0n) is 14.8. The summed E-state index contributed by atoms with van der Waals surface area (Å²) >= 11 is 0. The summed E-state index contributed by atoms with van der Waals surface area (Å²) in [6.45, 7) is 4.82. The summed E-state index contributed by atoms with van der Waals surface area (Å²) in [5, 5.41) is 0. The molecule has 1 aromatic rings. The second kappa shape index (κ2) is 8.63. The number of benzene rings is 1. The zero-order valence-corrected chi connectivity index (χ0v) is 14.8. The SMILES string of the molecule is NCCc1cccc(CN2CCCC[C@@H]2CCN2CCCC2=O)c1. The van der Waals surface area contributed by atoms with E-state index in [2.05, 4.69) is 34.1 Å². The largest absolute Gasteiger partial charge is 0.343 e. The summed E-state index contributed by atoms with van der Waals surface area (Å²) < 4.78 is 0. The van der Waals surface area contributed by atoms with Crippen LogP contribution in [0.5, 0.6) is 0 Å². The maximum Gasteiger partial charge on any atom is 0.222 e. The van der Waals surface area contributed by atoms with Gasteiger partial charge in [-0.25, -0.2) is 0 Å². The van der Waals surface area contributed by atoms with Gasteiger partial charge in [0.05, 0.1) is 0 Å².